The number of nitrogens with zero attached hydrogens (tertiary/aromatic N) is 4. The molecule has 2 rings (SSSR count). The first kappa shape index (κ1) is 12.8. The average Bonchev–Trinajstić information content (AvgIpc) is 3.01. The Bertz CT molecular complexity index is 481. The van der Waals surface area contributed by atoms with E-state index in [0.717, 1.165) is 24.2 Å². The van der Waals surface area contributed by atoms with Gasteiger partial charge in [-0.3, -0.25) is 9.36 Å². The summed E-state index contributed by atoms with van der Waals surface area (Å²) in [6.07, 6.45) is 6.21. The number of nitrogens with two attached hydrogens (primary N) is 1. The minimum atomic E-state index is 0.481. The van der Waals surface area contributed by atoms with E-state index in [1.807, 2.05) is 16.9 Å². The standard InChI is InChI=1S/C13H21N5/c1-3-13(4-2)18-8-6-12(16-18)10-17-7-5-11(9-14)15-17/h5-8,13H,3-4,9-10,14H2,1-2H3. The minimum absolute atomic E-state index is 0.481. The van der Waals surface area contributed by atoms with Crippen LogP contribution in [0, 0.1) is 0 Å². The molecule has 0 saturated carbocycles. The fraction of sp³-hybridized carbons (Fsp3) is 0.538. The smallest absolute Gasteiger partial charge is 0.0849 e. The number of hydrogen-bond donors (Lipinski definition) is 1. The van der Waals surface area contributed by atoms with Crippen molar-refractivity contribution in [2.45, 2.75) is 45.8 Å². The van der Waals surface area contributed by atoms with Crippen LogP contribution in [0.5, 0.6) is 0 Å². The lowest BCUT2D eigenvalue weighted by Crippen LogP contribution is -2.09. The van der Waals surface area contributed by atoms with E-state index >= 15 is 0 Å². The van der Waals surface area contributed by atoms with Gasteiger partial charge in [-0.15, -0.1) is 0 Å². The van der Waals surface area contributed by atoms with Crippen LogP contribution in [0.25, 0.3) is 0 Å². The van der Waals surface area contributed by atoms with Crippen molar-refractivity contribution in [3.8, 4) is 0 Å². The number of rotatable bonds is 6. The Hall–Kier alpha value is -1.62. The Morgan fingerprint density at radius 2 is 1.83 bits per heavy atom. The van der Waals surface area contributed by atoms with Crippen LogP contribution in [0.4, 0.5) is 0 Å². The van der Waals surface area contributed by atoms with Gasteiger partial charge >= 0.3 is 0 Å². The van der Waals surface area contributed by atoms with Crippen LogP contribution in [0.15, 0.2) is 24.5 Å². The molecule has 2 N–H and O–H groups in total. The molecule has 18 heavy (non-hydrogen) atoms. The van der Waals surface area contributed by atoms with E-state index in [9.17, 15) is 0 Å². The van der Waals surface area contributed by atoms with Gasteiger partial charge in [0.05, 0.1) is 24.0 Å². The largest absolute Gasteiger partial charge is 0.325 e. The third-order valence-electron chi connectivity index (χ3n) is 3.21. The number of hydrogen-bond acceptors (Lipinski definition) is 3. The summed E-state index contributed by atoms with van der Waals surface area (Å²) in [5, 5.41) is 8.97. The summed E-state index contributed by atoms with van der Waals surface area (Å²) >= 11 is 0. The van der Waals surface area contributed by atoms with Gasteiger partial charge in [-0.2, -0.15) is 10.2 Å². The maximum Gasteiger partial charge on any atom is 0.0849 e. The molecule has 2 aromatic heterocycles. The van der Waals surface area contributed by atoms with Crippen molar-refractivity contribution < 1.29 is 0 Å². The SMILES string of the molecule is CCC(CC)n1ccc(Cn2ccc(CN)n2)n1. The Kier molecular flexibility index (Phi) is 4.15. The summed E-state index contributed by atoms with van der Waals surface area (Å²) in [5.41, 5.74) is 7.49. The van der Waals surface area contributed by atoms with Gasteiger partial charge in [0.2, 0.25) is 0 Å². The lowest BCUT2D eigenvalue weighted by Gasteiger charge is -2.12. The van der Waals surface area contributed by atoms with Crippen molar-refractivity contribution in [1.82, 2.24) is 19.6 Å². The van der Waals surface area contributed by atoms with E-state index in [1.165, 1.54) is 0 Å². The zero-order valence-electron chi connectivity index (χ0n) is 11.1. The summed E-state index contributed by atoms with van der Waals surface area (Å²) in [6, 6.07) is 4.50. The highest BCUT2D eigenvalue weighted by Crippen LogP contribution is 2.14. The van der Waals surface area contributed by atoms with Crippen LogP contribution in [0.2, 0.25) is 0 Å². The second-order valence-electron chi connectivity index (χ2n) is 4.47. The number of aromatic nitrogens is 4. The van der Waals surface area contributed by atoms with Gasteiger partial charge in [-0.25, -0.2) is 0 Å². The molecule has 0 atom stereocenters. The first-order chi connectivity index (χ1) is 8.76. The van der Waals surface area contributed by atoms with Crippen LogP contribution < -0.4 is 5.73 Å². The van der Waals surface area contributed by atoms with Crippen molar-refractivity contribution in [3.05, 3.63) is 35.9 Å². The highest BCUT2D eigenvalue weighted by molar-refractivity contribution is 5.03. The topological polar surface area (TPSA) is 61.7 Å². The molecule has 5 heteroatoms. The molecule has 98 valence electrons. The van der Waals surface area contributed by atoms with Gasteiger partial charge in [0, 0.05) is 18.9 Å². The Balaban J connectivity index is 2.06. The van der Waals surface area contributed by atoms with Crippen LogP contribution in [0.1, 0.15) is 44.1 Å². The molecule has 0 aliphatic carbocycles. The molecular formula is C13H21N5. The normalized spacial score (nSPS) is 11.3. The zero-order valence-corrected chi connectivity index (χ0v) is 11.1. The second kappa shape index (κ2) is 5.82. The van der Waals surface area contributed by atoms with Gasteiger partial charge in [0.1, 0.15) is 0 Å². The highest BCUT2D eigenvalue weighted by Gasteiger charge is 2.08. The van der Waals surface area contributed by atoms with Crippen LogP contribution >= 0.6 is 0 Å². The summed E-state index contributed by atoms with van der Waals surface area (Å²) in [7, 11) is 0. The Morgan fingerprint density at radius 1 is 1.11 bits per heavy atom. The first-order valence-electron chi connectivity index (χ1n) is 6.53. The van der Waals surface area contributed by atoms with Crippen molar-refractivity contribution in [3.63, 3.8) is 0 Å². The van der Waals surface area contributed by atoms with Gasteiger partial charge < -0.3 is 5.73 Å². The molecule has 0 fully saturated rings. The zero-order chi connectivity index (χ0) is 13.0. The summed E-state index contributed by atoms with van der Waals surface area (Å²) in [6.45, 7) is 5.56. The molecule has 0 aromatic carbocycles. The first-order valence-corrected chi connectivity index (χ1v) is 6.53. The van der Waals surface area contributed by atoms with Crippen molar-refractivity contribution >= 4 is 0 Å². The monoisotopic (exact) mass is 247 g/mol. The summed E-state index contributed by atoms with van der Waals surface area (Å²) in [4.78, 5) is 0. The summed E-state index contributed by atoms with van der Waals surface area (Å²) in [5.74, 6) is 0. The molecule has 0 aliphatic rings. The fourth-order valence-corrected chi connectivity index (χ4v) is 2.09. The highest BCUT2D eigenvalue weighted by atomic mass is 15.3. The van der Waals surface area contributed by atoms with E-state index in [4.69, 9.17) is 5.73 Å². The predicted octanol–water partition coefficient (Wildman–Crippen LogP) is 1.95. The quantitative estimate of drug-likeness (QED) is 0.848. The van der Waals surface area contributed by atoms with Gasteiger partial charge in [0.25, 0.3) is 0 Å². The van der Waals surface area contributed by atoms with Gasteiger partial charge in [-0.05, 0) is 25.0 Å². The van der Waals surface area contributed by atoms with E-state index in [-0.39, 0.29) is 0 Å². The predicted molar refractivity (Wildman–Crippen MR) is 71.1 cm³/mol. The third-order valence-corrected chi connectivity index (χ3v) is 3.21. The lowest BCUT2D eigenvalue weighted by molar-refractivity contribution is 0.424. The maximum atomic E-state index is 5.54. The summed E-state index contributed by atoms with van der Waals surface area (Å²) < 4.78 is 3.93. The van der Waals surface area contributed by atoms with E-state index in [1.54, 1.807) is 0 Å². The third kappa shape index (κ3) is 2.79. The molecule has 5 nitrogen and oxygen atoms in total. The molecule has 0 bridgehead atoms. The molecule has 0 aliphatic heterocycles. The van der Waals surface area contributed by atoms with E-state index in [0.29, 0.717) is 19.1 Å². The molecule has 0 spiro atoms. The van der Waals surface area contributed by atoms with Crippen molar-refractivity contribution in [1.29, 1.82) is 0 Å². The minimum Gasteiger partial charge on any atom is -0.325 e. The second-order valence-corrected chi connectivity index (χ2v) is 4.47. The van der Waals surface area contributed by atoms with Crippen LogP contribution in [-0.2, 0) is 13.1 Å². The van der Waals surface area contributed by atoms with E-state index in [2.05, 4.69) is 41.0 Å². The average molecular weight is 247 g/mol. The molecule has 2 aromatic rings. The molecule has 0 unspecified atom stereocenters. The lowest BCUT2D eigenvalue weighted by atomic mass is 10.2. The molecule has 0 amide bonds. The Morgan fingerprint density at radius 3 is 2.44 bits per heavy atom. The maximum absolute atomic E-state index is 5.54. The fourth-order valence-electron chi connectivity index (χ4n) is 2.09. The molecule has 2 heterocycles. The van der Waals surface area contributed by atoms with Crippen molar-refractivity contribution in [2.24, 2.45) is 5.73 Å². The van der Waals surface area contributed by atoms with Crippen LogP contribution in [-0.4, -0.2) is 19.6 Å². The van der Waals surface area contributed by atoms with Crippen LogP contribution in [0.3, 0.4) is 0 Å². The molecular weight excluding hydrogens is 226 g/mol. The van der Waals surface area contributed by atoms with Crippen molar-refractivity contribution in [2.75, 3.05) is 0 Å². The van der Waals surface area contributed by atoms with Gasteiger partial charge in [0.15, 0.2) is 0 Å². The molecule has 0 saturated heterocycles. The van der Waals surface area contributed by atoms with Gasteiger partial charge in [-0.1, -0.05) is 13.8 Å². The Labute approximate surface area is 108 Å². The molecule has 0 radical (unpaired) electrons. The van der Waals surface area contributed by atoms with E-state index < -0.39 is 0 Å².